The van der Waals surface area contributed by atoms with E-state index >= 15 is 0 Å². The number of carbonyl (C=O) groups is 1. The largest absolute Gasteiger partial charge is 0.454 e. The number of amides is 1. The van der Waals surface area contributed by atoms with Crippen LogP contribution >= 0.6 is 0 Å². The number of hydrogen-bond donors (Lipinski definition) is 1. The van der Waals surface area contributed by atoms with Gasteiger partial charge in [-0.25, -0.2) is 0 Å². The molecule has 0 unspecified atom stereocenters. The minimum absolute atomic E-state index is 0.0165. The molecule has 2 saturated heterocycles. The molecule has 0 aromatic heterocycles. The SMILES string of the molecule is CN(C)CC#Cc1ccc([C@H]2[C@@H](CO)N3CCCCN(C(=O)c4ccc5c(c4)OCO5)C[C@H]23)cc1. The van der Waals surface area contributed by atoms with Crippen LogP contribution in [0.25, 0.3) is 0 Å². The lowest BCUT2D eigenvalue weighted by atomic mass is 9.74. The average molecular weight is 476 g/mol. The minimum Gasteiger partial charge on any atom is -0.454 e. The van der Waals surface area contributed by atoms with E-state index in [0.717, 1.165) is 38.0 Å². The van der Waals surface area contributed by atoms with Crippen molar-refractivity contribution in [1.29, 1.82) is 0 Å². The molecule has 1 amide bonds. The molecule has 5 rings (SSSR count). The molecule has 2 aromatic rings. The van der Waals surface area contributed by atoms with Gasteiger partial charge in [0, 0.05) is 42.2 Å². The van der Waals surface area contributed by atoms with Gasteiger partial charge in [0.1, 0.15) is 0 Å². The second-order valence-electron chi connectivity index (χ2n) is 9.77. The number of nitrogens with zero attached hydrogens (tertiary/aromatic N) is 3. The van der Waals surface area contributed by atoms with Crippen LogP contribution in [0.3, 0.4) is 0 Å². The lowest BCUT2D eigenvalue weighted by Gasteiger charge is -2.57. The van der Waals surface area contributed by atoms with Crippen molar-refractivity contribution in [2.45, 2.75) is 30.8 Å². The van der Waals surface area contributed by atoms with Gasteiger partial charge in [-0.3, -0.25) is 14.6 Å². The summed E-state index contributed by atoms with van der Waals surface area (Å²) in [6.07, 6.45) is 1.95. The summed E-state index contributed by atoms with van der Waals surface area (Å²) >= 11 is 0. The van der Waals surface area contributed by atoms with Crippen molar-refractivity contribution < 1.29 is 19.4 Å². The van der Waals surface area contributed by atoms with E-state index < -0.39 is 0 Å². The molecule has 2 aromatic carbocycles. The van der Waals surface area contributed by atoms with Crippen molar-refractivity contribution in [1.82, 2.24) is 14.7 Å². The van der Waals surface area contributed by atoms with Gasteiger partial charge in [-0.15, -0.1) is 0 Å². The highest BCUT2D eigenvalue weighted by Crippen LogP contribution is 2.42. The van der Waals surface area contributed by atoms with E-state index in [4.69, 9.17) is 9.47 Å². The normalized spacial score (nSPS) is 23.5. The van der Waals surface area contributed by atoms with Crippen molar-refractivity contribution in [3.63, 3.8) is 0 Å². The zero-order valence-corrected chi connectivity index (χ0v) is 20.4. The molecule has 3 heterocycles. The van der Waals surface area contributed by atoms with E-state index in [2.05, 4.69) is 41.0 Å². The van der Waals surface area contributed by atoms with Gasteiger partial charge in [0.2, 0.25) is 6.79 Å². The molecule has 3 atom stereocenters. The van der Waals surface area contributed by atoms with E-state index in [1.54, 1.807) is 6.07 Å². The predicted molar refractivity (Wildman–Crippen MR) is 134 cm³/mol. The Bertz CT molecular complexity index is 1120. The Morgan fingerprint density at radius 1 is 1.09 bits per heavy atom. The average Bonchev–Trinajstić information content (AvgIpc) is 3.31. The van der Waals surface area contributed by atoms with Gasteiger partial charge in [-0.2, -0.15) is 0 Å². The molecule has 0 saturated carbocycles. The molecule has 0 spiro atoms. The fourth-order valence-corrected chi connectivity index (χ4v) is 5.43. The van der Waals surface area contributed by atoms with Crippen molar-refractivity contribution >= 4 is 5.91 Å². The lowest BCUT2D eigenvalue weighted by Crippen LogP contribution is -2.67. The van der Waals surface area contributed by atoms with E-state index in [9.17, 15) is 9.90 Å². The Morgan fingerprint density at radius 3 is 2.63 bits per heavy atom. The molecule has 7 heteroatoms. The Labute approximate surface area is 207 Å². The van der Waals surface area contributed by atoms with Gasteiger partial charge in [0.15, 0.2) is 11.5 Å². The maximum atomic E-state index is 13.5. The van der Waals surface area contributed by atoms with Crippen molar-refractivity contribution in [3.05, 3.63) is 59.2 Å². The van der Waals surface area contributed by atoms with Crippen LogP contribution in [-0.4, -0.2) is 91.5 Å². The Balaban J connectivity index is 1.34. The first-order valence-corrected chi connectivity index (χ1v) is 12.3. The third-order valence-corrected chi connectivity index (χ3v) is 7.20. The third-order valence-electron chi connectivity index (χ3n) is 7.20. The van der Waals surface area contributed by atoms with Crippen LogP contribution in [-0.2, 0) is 0 Å². The summed E-state index contributed by atoms with van der Waals surface area (Å²) in [5, 5.41) is 10.2. The summed E-state index contributed by atoms with van der Waals surface area (Å²) in [6, 6.07) is 14.1. The van der Waals surface area contributed by atoms with Crippen LogP contribution in [0.15, 0.2) is 42.5 Å². The third kappa shape index (κ3) is 4.87. The van der Waals surface area contributed by atoms with Gasteiger partial charge in [0.05, 0.1) is 13.2 Å². The smallest absolute Gasteiger partial charge is 0.254 e. The van der Waals surface area contributed by atoms with Crippen LogP contribution < -0.4 is 9.47 Å². The Kier molecular flexibility index (Phi) is 6.96. The summed E-state index contributed by atoms with van der Waals surface area (Å²) < 4.78 is 10.9. The molecule has 3 aliphatic rings. The van der Waals surface area contributed by atoms with Crippen LogP contribution in [0.1, 0.15) is 40.2 Å². The summed E-state index contributed by atoms with van der Waals surface area (Å²) in [6.45, 7) is 3.35. The zero-order chi connectivity index (χ0) is 24.4. The topological polar surface area (TPSA) is 65.5 Å². The number of hydrogen-bond acceptors (Lipinski definition) is 6. The van der Waals surface area contributed by atoms with Crippen molar-refractivity contribution in [2.75, 3.05) is 53.7 Å². The molecule has 2 fully saturated rings. The number of carbonyl (C=O) groups excluding carboxylic acids is 1. The van der Waals surface area contributed by atoms with E-state index in [0.29, 0.717) is 23.6 Å². The molecule has 1 N–H and O–H groups in total. The zero-order valence-electron chi connectivity index (χ0n) is 20.4. The minimum atomic E-state index is 0.0165. The number of aliphatic hydroxyl groups excluding tert-OH is 1. The van der Waals surface area contributed by atoms with Gasteiger partial charge >= 0.3 is 0 Å². The number of ether oxygens (including phenoxy) is 2. The summed E-state index contributed by atoms with van der Waals surface area (Å²) in [4.78, 5) is 19.9. The fraction of sp³-hybridized carbons (Fsp3) is 0.464. The summed E-state index contributed by atoms with van der Waals surface area (Å²) in [7, 11) is 4.01. The number of rotatable bonds is 4. The van der Waals surface area contributed by atoms with Crippen LogP contribution in [0, 0.1) is 11.8 Å². The monoisotopic (exact) mass is 475 g/mol. The maximum absolute atomic E-state index is 13.5. The Morgan fingerprint density at radius 2 is 1.86 bits per heavy atom. The van der Waals surface area contributed by atoms with Gasteiger partial charge in [-0.1, -0.05) is 24.0 Å². The molecule has 3 aliphatic heterocycles. The lowest BCUT2D eigenvalue weighted by molar-refractivity contribution is -0.0606. The number of benzene rings is 2. The van der Waals surface area contributed by atoms with E-state index in [-0.39, 0.29) is 37.3 Å². The highest BCUT2D eigenvalue weighted by Gasteiger charge is 2.49. The molecule has 0 bridgehead atoms. The highest BCUT2D eigenvalue weighted by molar-refractivity contribution is 5.95. The first kappa shape index (κ1) is 23.7. The van der Waals surface area contributed by atoms with Crippen LogP contribution in [0.5, 0.6) is 11.5 Å². The maximum Gasteiger partial charge on any atom is 0.254 e. The molecule has 0 aliphatic carbocycles. The Hall–Kier alpha value is -3.05. The van der Waals surface area contributed by atoms with Crippen LogP contribution in [0.4, 0.5) is 0 Å². The fourth-order valence-electron chi connectivity index (χ4n) is 5.43. The highest BCUT2D eigenvalue weighted by atomic mass is 16.7. The van der Waals surface area contributed by atoms with Crippen molar-refractivity contribution in [2.24, 2.45) is 0 Å². The first-order valence-electron chi connectivity index (χ1n) is 12.3. The second kappa shape index (κ2) is 10.3. The molecule has 184 valence electrons. The number of aliphatic hydroxyl groups is 1. The molecule has 35 heavy (non-hydrogen) atoms. The molecule has 7 nitrogen and oxygen atoms in total. The van der Waals surface area contributed by atoms with Crippen LogP contribution in [0.2, 0.25) is 0 Å². The number of fused-ring (bicyclic) bond motifs is 2. The molecule has 0 radical (unpaired) electrons. The first-order chi connectivity index (χ1) is 17.0. The van der Waals surface area contributed by atoms with E-state index in [1.807, 2.05) is 36.0 Å². The molecular formula is C28H33N3O4. The quantitative estimate of drug-likeness (QED) is 0.686. The second-order valence-corrected chi connectivity index (χ2v) is 9.77. The van der Waals surface area contributed by atoms with E-state index in [1.165, 1.54) is 5.56 Å². The van der Waals surface area contributed by atoms with Crippen molar-refractivity contribution in [3.8, 4) is 23.3 Å². The predicted octanol–water partition coefficient (Wildman–Crippen LogP) is 2.39. The van der Waals surface area contributed by atoms with Gasteiger partial charge in [-0.05, 0) is 69.4 Å². The standard InChI is InChI=1S/C28H33N3O4/c1-29(2)13-5-6-20-7-9-21(10-8-20)27-23-17-30(14-3-4-15-31(23)24(27)18-32)28(33)22-11-12-25-26(16-22)35-19-34-25/h7-12,16,23-24,27,32H,3-4,13-15,17-19H2,1-2H3/t23-,24-,27-/m1/s1. The summed E-state index contributed by atoms with van der Waals surface area (Å²) in [5.74, 6) is 7.88. The van der Waals surface area contributed by atoms with Gasteiger partial charge in [0.25, 0.3) is 5.91 Å². The molecular weight excluding hydrogens is 442 g/mol. The van der Waals surface area contributed by atoms with Gasteiger partial charge < -0.3 is 19.5 Å². The summed E-state index contributed by atoms with van der Waals surface area (Å²) in [5.41, 5.74) is 2.81.